The minimum Gasteiger partial charge on any atom is -0.438 e. The summed E-state index contributed by atoms with van der Waals surface area (Å²) in [5.74, 6) is 1.21. The largest absolute Gasteiger partial charge is 0.438 e. The van der Waals surface area contributed by atoms with Crippen LogP contribution in [0.25, 0.3) is 0 Å². The highest BCUT2D eigenvalue weighted by Gasteiger charge is 2.29. The molecule has 1 unspecified atom stereocenters. The zero-order chi connectivity index (χ0) is 20.1. The van der Waals surface area contributed by atoms with Gasteiger partial charge in [-0.15, -0.1) is 0 Å². The first-order valence-corrected chi connectivity index (χ1v) is 9.73. The molecule has 3 rings (SSSR count). The lowest BCUT2D eigenvalue weighted by atomic mass is 9.96. The zero-order valence-electron chi connectivity index (χ0n) is 16.7. The SMILES string of the molecule is CCN1CC(C(=O)NCc2cccnc2Oc2c(C)cccc2C)CCC1=O. The van der Waals surface area contributed by atoms with Crippen LogP contribution in [0.4, 0.5) is 0 Å². The molecule has 1 aromatic heterocycles. The van der Waals surface area contributed by atoms with E-state index in [0.717, 1.165) is 22.4 Å². The van der Waals surface area contributed by atoms with Crippen LogP contribution in [0, 0.1) is 19.8 Å². The molecule has 1 fully saturated rings. The number of ether oxygens (including phenoxy) is 1. The van der Waals surface area contributed by atoms with Gasteiger partial charge in [-0.25, -0.2) is 4.98 Å². The van der Waals surface area contributed by atoms with E-state index in [4.69, 9.17) is 4.74 Å². The highest BCUT2D eigenvalue weighted by Crippen LogP contribution is 2.29. The predicted molar refractivity (Wildman–Crippen MR) is 107 cm³/mol. The van der Waals surface area contributed by atoms with Gasteiger partial charge in [0.15, 0.2) is 0 Å². The van der Waals surface area contributed by atoms with Crippen LogP contribution in [0.15, 0.2) is 36.5 Å². The molecule has 28 heavy (non-hydrogen) atoms. The number of benzene rings is 1. The van der Waals surface area contributed by atoms with Gasteiger partial charge < -0.3 is 15.0 Å². The minimum atomic E-state index is -0.169. The van der Waals surface area contributed by atoms with Gasteiger partial charge in [-0.05, 0) is 44.4 Å². The fourth-order valence-electron chi connectivity index (χ4n) is 3.47. The molecule has 148 valence electrons. The van der Waals surface area contributed by atoms with Gasteiger partial charge in [-0.3, -0.25) is 9.59 Å². The zero-order valence-corrected chi connectivity index (χ0v) is 16.7. The quantitative estimate of drug-likeness (QED) is 0.833. The molecule has 0 aliphatic carbocycles. The van der Waals surface area contributed by atoms with E-state index < -0.39 is 0 Å². The van der Waals surface area contributed by atoms with E-state index in [9.17, 15) is 9.59 Å². The Labute approximate surface area is 165 Å². The molecule has 2 heterocycles. The van der Waals surface area contributed by atoms with Crippen LogP contribution in [0.3, 0.4) is 0 Å². The number of rotatable bonds is 6. The second-order valence-electron chi connectivity index (χ2n) is 7.18. The van der Waals surface area contributed by atoms with Crippen molar-refractivity contribution in [1.29, 1.82) is 0 Å². The molecule has 0 bridgehead atoms. The first kappa shape index (κ1) is 19.9. The van der Waals surface area contributed by atoms with Crippen molar-refractivity contribution in [3.05, 3.63) is 53.2 Å². The predicted octanol–water partition coefficient (Wildman–Crippen LogP) is 3.37. The van der Waals surface area contributed by atoms with Gasteiger partial charge in [-0.1, -0.05) is 24.3 Å². The molecular formula is C22H27N3O3. The van der Waals surface area contributed by atoms with Crippen LogP contribution >= 0.6 is 0 Å². The van der Waals surface area contributed by atoms with Crippen molar-refractivity contribution in [2.24, 2.45) is 5.92 Å². The Hall–Kier alpha value is -2.89. The third-order valence-electron chi connectivity index (χ3n) is 5.16. The fraction of sp³-hybridized carbons (Fsp3) is 0.409. The summed E-state index contributed by atoms with van der Waals surface area (Å²) in [4.78, 5) is 30.5. The molecule has 1 atom stereocenters. The molecule has 6 heteroatoms. The number of likely N-dealkylation sites (tertiary alicyclic amines) is 1. The molecule has 6 nitrogen and oxygen atoms in total. The van der Waals surface area contributed by atoms with Crippen molar-refractivity contribution in [2.75, 3.05) is 13.1 Å². The number of para-hydroxylation sites is 1. The molecule has 1 saturated heterocycles. The van der Waals surface area contributed by atoms with Crippen molar-refractivity contribution in [3.8, 4) is 11.6 Å². The Kier molecular flexibility index (Phi) is 6.29. The Morgan fingerprint density at radius 1 is 1.25 bits per heavy atom. The lowest BCUT2D eigenvalue weighted by Gasteiger charge is -2.31. The van der Waals surface area contributed by atoms with Gasteiger partial charge in [0.1, 0.15) is 5.75 Å². The summed E-state index contributed by atoms with van der Waals surface area (Å²) >= 11 is 0. The van der Waals surface area contributed by atoms with Crippen LogP contribution in [0.2, 0.25) is 0 Å². The standard InChI is InChI=1S/C22H27N3O3/c1-4-25-14-18(10-11-19(25)26)21(27)24-13-17-9-6-12-23-22(17)28-20-15(2)7-5-8-16(20)3/h5-9,12,18H,4,10-11,13-14H2,1-3H3,(H,24,27). The Bertz CT molecular complexity index is 846. The van der Waals surface area contributed by atoms with Crippen molar-refractivity contribution < 1.29 is 14.3 Å². The second-order valence-corrected chi connectivity index (χ2v) is 7.18. The van der Waals surface area contributed by atoms with E-state index in [1.807, 2.05) is 51.1 Å². The van der Waals surface area contributed by atoms with Gasteiger partial charge in [0.2, 0.25) is 17.7 Å². The maximum absolute atomic E-state index is 12.6. The van der Waals surface area contributed by atoms with Crippen LogP contribution in [-0.2, 0) is 16.1 Å². The van der Waals surface area contributed by atoms with Crippen molar-refractivity contribution >= 4 is 11.8 Å². The Balaban J connectivity index is 1.67. The molecule has 2 aromatic rings. The van der Waals surface area contributed by atoms with Crippen molar-refractivity contribution in [3.63, 3.8) is 0 Å². The van der Waals surface area contributed by atoms with E-state index in [1.165, 1.54) is 0 Å². The highest BCUT2D eigenvalue weighted by molar-refractivity contribution is 5.83. The van der Waals surface area contributed by atoms with Gasteiger partial charge in [0.25, 0.3) is 0 Å². The second kappa shape index (κ2) is 8.87. The molecule has 1 aliphatic heterocycles. The van der Waals surface area contributed by atoms with Gasteiger partial charge in [0, 0.05) is 37.8 Å². The number of pyridine rings is 1. The number of aromatic nitrogens is 1. The number of hydrogen-bond acceptors (Lipinski definition) is 4. The summed E-state index contributed by atoms with van der Waals surface area (Å²) < 4.78 is 6.08. The summed E-state index contributed by atoms with van der Waals surface area (Å²) in [6, 6.07) is 9.72. The van der Waals surface area contributed by atoms with E-state index in [-0.39, 0.29) is 17.7 Å². The molecule has 0 saturated carbocycles. The average molecular weight is 381 g/mol. The maximum atomic E-state index is 12.6. The van der Waals surface area contributed by atoms with E-state index >= 15 is 0 Å². The van der Waals surface area contributed by atoms with Crippen molar-refractivity contribution in [1.82, 2.24) is 15.2 Å². The number of hydrogen-bond donors (Lipinski definition) is 1. The molecule has 0 radical (unpaired) electrons. The van der Waals surface area contributed by atoms with Gasteiger partial charge >= 0.3 is 0 Å². The number of nitrogens with one attached hydrogen (secondary N) is 1. The minimum absolute atomic E-state index is 0.0344. The smallest absolute Gasteiger partial charge is 0.225 e. The number of amides is 2. The van der Waals surface area contributed by atoms with Crippen LogP contribution in [0.1, 0.15) is 36.5 Å². The number of piperidine rings is 1. The lowest BCUT2D eigenvalue weighted by molar-refractivity contribution is -0.138. The van der Waals surface area contributed by atoms with Gasteiger partial charge in [0.05, 0.1) is 5.92 Å². The van der Waals surface area contributed by atoms with Crippen molar-refractivity contribution in [2.45, 2.75) is 40.2 Å². The number of aryl methyl sites for hydroxylation is 2. The number of nitrogens with zero attached hydrogens (tertiary/aromatic N) is 2. The first-order valence-electron chi connectivity index (χ1n) is 9.73. The third kappa shape index (κ3) is 4.50. The molecule has 2 amide bonds. The normalized spacial score (nSPS) is 16.8. The topological polar surface area (TPSA) is 71.5 Å². The summed E-state index contributed by atoms with van der Waals surface area (Å²) in [6.07, 6.45) is 2.71. The van der Waals surface area contributed by atoms with E-state index in [1.54, 1.807) is 11.1 Å². The van der Waals surface area contributed by atoms with E-state index in [0.29, 0.717) is 38.4 Å². The maximum Gasteiger partial charge on any atom is 0.225 e. The van der Waals surface area contributed by atoms with E-state index in [2.05, 4.69) is 10.3 Å². The Morgan fingerprint density at radius 3 is 2.71 bits per heavy atom. The molecule has 0 spiro atoms. The number of carbonyl (C=O) groups excluding carboxylic acids is 2. The summed E-state index contributed by atoms with van der Waals surface area (Å²) in [6.45, 7) is 7.39. The highest BCUT2D eigenvalue weighted by atomic mass is 16.5. The summed E-state index contributed by atoms with van der Waals surface area (Å²) in [5.41, 5.74) is 2.89. The third-order valence-corrected chi connectivity index (χ3v) is 5.16. The van der Waals surface area contributed by atoms with Crippen LogP contribution in [-0.4, -0.2) is 34.8 Å². The summed E-state index contributed by atoms with van der Waals surface area (Å²) in [5, 5.41) is 2.99. The molecular weight excluding hydrogens is 354 g/mol. The Morgan fingerprint density at radius 2 is 2.00 bits per heavy atom. The lowest BCUT2D eigenvalue weighted by Crippen LogP contribution is -2.45. The fourth-order valence-corrected chi connectivity index (χ4v) is 3.47. The van der Waals surface area contributed by atoms with Crippen LogP contribution < -0.4 is 10.1 Å². The molecule has 1 aliphatic rings. The average Bonchev–Trinajstić information content (AvgIpc) is 2.70. The molecule has 1 N–H and O–H groups in total. The summed E-state index contributed by atoms with van der Waals surface area (Å²) in [7, 11) is 0. The molecule has 1 aromatic carbocycles. The monoisotopic (exact) mass is 381 g/mol. The van der Waals surface area contributed by atoms with Crippen LogP contribution in [0.5, 0.6) is 11.6 Å². The number of carbonyl (C=O) groups is 2. The first-order chi connectivity index (χ1) is 13.5. The van der Waals surface area contributed by atoms with Gasteiger partial charge in [-0.2, -0.15) is 0 Å².